The third-order valence-corrected chi connectivity index (χ3v) is 3.07. The van der Waals surface area contributed by atoms with Gasteiger partial charge < -0.3 is 5.32 Å². The highest BCUT2D eigenvalue weighted by atomic mass is 19.3. The molecule has 0 aromatic rings. The summed E-state index contributed by atoms with van der Waals surface area (Å²) in [5, 5.41) is 4.69. The molecule has 3 amide bonds. The Morgan fingerprint density at radius 3 is 2.20 bits per heavy atom. The fourth-order valence-corrected chi connectivity index (χ4v) is 2.19. The average Bonchev–Trinajstić information content (AvgIpc) is 2.10. The fraction of sp³-hybridized carbons (Fsp3) is 0.778. The first-order valence-corrected chi connectivity index (χ1v) is 4.91. The lowest BCUT2D eigenvalue weighted by Crippen LogP contribution is -2.62. The largest absolute Gasteiger partial charge is 0.332 e. The molecule has 6 heteroatoms. The van der Waals surface area contributed by atoms with Crippen LogP contribution in [-0.2, 0) is 4.79 Å². The van der Waals surface area contributed by atoms with Crippen LogP contribution in [0.1, 0.15) is 32.1 Å². The highest BCUT2D eigenvalue weighted by Crippen LogP contribution is 2.40. The summed E-state index contributed by atoms with van der Waals surface area (Å²) in [6.45, 7) is 0. The quantitative estimate of drug-likeness (QED) is 0.641. The first-order chi connectivity index (χ1) is 6.91. The van der Waals surface area contributed by atoms with E-state index in [1.165, 1.54) is 0 Å². The SMILES string of the molecule is O=C1CC2(CCC(F)(F)CC2)NC(=O)N1. The first-order valence-electron chi connectivity index (χ1n) is 4.91. The lowest BCUT2D eigenvalue weighted by atomic mass is 9.77. The van der Waals surface area contributed by atoms with Crippen LogP contribution in [0.5, 0.6) is 0 Å². The minimum Gasteiger partial charge on any atom is -0.332 e. The van der Waals surface area contributed by atoms with Gasteiger partial charge in [0.25, 0.3) is 0 Å². The molecule has 4 nitrogen and oxygen atoms in total. The Labute approximate surface area is 85.4 Å². The van der Waals surface area contributed by atoms with Crippen molar-refractivity contribution in [2.24, 2.45) is 0 Å². The van der Waals surface area contributed by atoms with Gasteiger partial charge in [-0.15, -0.1) is 0 Å². The Kier molecular flexibility index (Phi) is 2.17. The summed E-state index contributed by atoms with van der Waals surface area (Å²) in [6.07, 6.45) is -0.0890. The molecule has 1 aliphatic heterocycles. The number of carbonyl (C=O) groups is 2. The molecule has 1 aliphatic carbocycles. The molecular formula is C9H12F2N2O2. The Bertz CT molecular complexity index is 289. The molecule has 0 unspecified atom stereocenters. The number of hydrogen-bond donors (Lipinski definition) is 2. The lowest BCUT2D eigenvalue weighted by molar-refractivity contribution is -0.125. The van der Waals surface area contributed by atoms with Gasteiger partial charge in [0.1, 0.15) is 0 Å². The maximum absolute atomic E-state index is 12.9. The van der Waals surface area contributed by atoms with E-state index >= 15 is 0 Å². The monoisotopic (exact) mass is 218 g/mol. The minimum atomic E-state index is -2.65. The Morgan fingerprint density at radius 1 is 1.07 bits per heavy atom. The van der Waals surface area contributed by atoms with Gasteiger partial charge in [0.2, 0.25) is 11.8 Å². The third kappa shape index (κ3) is 2.08. The number of alkyl halides is 2. The zero-order valence-electron chi connectivity index (χ0n) is 8.11. The van der Waals surface area contributed by atoms with E-state index in [1.54, 1.807) is 0 Å². The second kappa shape index (κ2) is 3.15. The number of urea groups is 1. The third-order valence-electron chi connectivity index (χ3n) is 3.07. The van der Waals surface area contributed by atoms with Crippen LogP contribution in [0.25, 0.3) is 0 Å². The van der Waals surface area contributed by atoms with Gasteiger partial charge in [0.15, 0.2) is 0 Å². The number of amides is 3. The van der Waals surface area contributed by atoms with Gasteiger partial charge in [0, 0.05) is 12.8 Å². The van der Waals surface area contributed by atoms with Gasteiger partial charge in [-0.05, 0) is 12.8 Å². The molecule has 0 radical (unpaired) electrons. The number of imide groups is 1. The average molecular weight is 218 g/mol. The van der Waals surface area contributed by atoms with Crippen LogP contribution in [0.2, 0.25) is 0 Å². The summed E-state index contributed by atoms with van der Waals surface area (Å²) >= 11 is 0. The summed E-state index contributed by atoms with van der Waals surface area (Å²) in [6, 6.07) is -0.573. The second-order valence-electron chi connectivity index (χ2n) is 4.32. The molecule has 0 atom stereocenters. The summed E-state index contributed by atoms with van der Waals surface area (Å²) in [4.78, 5) is 22.2. The van der Waals surface area contributed by atoms with Gasteiger partial charge in [0.05, 0.1) is 12.0 Å². The van der Waals surface area contributed by atoms with Crippen molar-refractivity contribution in [1.29, 1.82) is 0 Å². The van der Waals surface area contributed by atoms with Crippen molar-refractivity contribution in [1.82, 2.24) is 10.6 Å². The summed E-state index contributed by atoms with van der Waals surface area (Å²) in [5.41, 5.74) is -0.735. The molecule has 1 saturated heterocycles. The van der Waals surface area contributed by atoms with E-state index in [4.69, 9.17) is 0 Å². The van der Waals surface area contributed by atoms with E-state index in [0.717, 1.165) is 0 Å². The van der Waals surface area contributed by atoms with Gasteiger partial charge in [-0.3, -0.25) is 10.1 Å². The normalized spacial score (nSPS) is 28.4. The number of hydrogen-bond acceptors (Lipinski definition) is 2. The van der Waals surface area contributed by atoms with E-state index in [1.807, 2.05) is 0 Å². The summed E-state index contributed by atoms with van der Waals surface area (Å²) < 4.78 is 25.8. The van der Waals surface area contributed by atoms with Crippen LogP contribution in [-0.4, -0.2) is 23.4 Å². The van der Waals surface area contributed by atoms with Crippen molar-refractivity contribution in [3.63, 3.8) is 0 Å². The van der Waals surface area contributed by atoms with E-state index in [0.29, 0.717) is 0 Å². The Morgan fingerprint density at radius 2 is 1.67 bits per heavy atom. The summed E-state index contributed by atoms with van der Waals surface area (Å²) in [7, 11) is 0. The van der Waals surface area contributed by atoms with E-state index in [9.17, 15) is 18.4 Å². The van der Waals surface area contributed by atoms with Gasteiger partial charge in [-0.25, -0.2) is 13.6 Å². The zero-order valence-corrected chi connectivity index (χ0v) is 8.11. The molecule has 84 valence electrons. The number of halogens is 2. The van der Waals surface area contributed by atoms with Crippen LogP contribution in [0.15, 0.2) is 0 Å². The van der Waals surface area contributed by atoms with Gasteiger partial charge in [-0.2, -0.15) is 0 Å². The van der Waals surface area contributed by atoms with Crippen molar-refractivity contribution in [2.75, 3.05) is 0 Å². The van der Waals surface area contributed by atoms with E-state index < -0.39 is 17.5 Å². The molecule has 0 aromatic heterocycles. The van der Waals surface area contributed by atoms with Crippen LogP contribution in [0.4, 0.5) is 13.6 Å². The Hall–Kier alpha value is -1.20. The predicted molar refractivity (Wildman–Crippen MR) is 47.4 cm³/mol. The van der Waals surface area contributed by atoms with Crippen LogP contribution < -0.4 is 10.6 Å². The molecule has 2 aliphatic rings. The predicted octanol–water partition coefficient (Wildman–Crippen LogP) is 1.16. The van der Waals surface area contributed by atoms with E-state index in [2.05, 4.69) is 10.6 Å². The van der Waals surface area contributed by atoms with Crippen LogP contribution >= 0.6 is 0 Å². The molecule has 2 N–H and O–H groups in total. The van der Waals surface area contributed by atoms with Crippen LogP contribution in [0.3, 0.4) is 0 Å². The first kappa shape index (κ1) is 10.3. The minimum absolute atomic E-state index is 0.106. The van der Waals surface area contributed by atoms with Crippen molar-refractivity contribution < 1.29 is 18.4 Å². The molecule has 1 spiro atoms. The smallest absolute Gasteiger partial charge is 0.321 e. The molecule has 0 aromatic carbocycles. The lowest BCUT2D eigenvalue weighted by Gasteiger charge is -2.42. The fourth-order valence-electron chi connectivity index (χ4n) is 2.19. The maximum Gasteiger partial charge on any atom is 0.321 e. The molecule has 2 fully saturated rings. The number of nitrogens with one attached hydrogen (secondary N) is 2. The van der Waals surface area contributed by atoms with Crippen LogP contribution in [0, 0.1) is 0 Å². The molecule has 0 bridgehead atoms. The van der Waals surface area contributed by atoms with Gasteiger partial charge in [-0.1, -0.05) is 0 Å². The zero-order chi connectivity index (χ0) is 11.1. The molecular weight excluding hydrogens is 206 g/mol. The van der Waals surface area contributed by atoms with E-state index in [-0.39, 0.29) is 38.0 Å². The highest BCUT2D eigenvalue weighted by Gasteiger charge is 2.47. The highest BCUT2D eigenvalue weighted by molar-refractivity contribution is 5.97. The van der Waals surface area contributed by atoms with Gasteiger partial charge >= 0.3 is 6.03 Å². The molecule has 15 heavy (non-hydrogen) atoms. The van der Waals surface area contributed by atoms with Crippen molar-refractivity contribution in [2.45, 2.75) is 43.6 Å². The summed E-state index contributed by atoms with van der Waals surface area (Å²) in [5.74, 6) is -3.03. The molecule has 1 saturated carbocycles. The number of carbonyl (C=O) groups excluding carboxylic acids is 2. The standard InChI is InChI=1S/C9H12F2N2O2/c10-9(11)3-1-8(2-4-9)5-6(14)12-7(15)13-8/h1-5H2,(H2,12,13,14,15). The van der Waals surface area contributed by atoms with Crippen molar-refractivity contribution in [3.8, 4) is 0 Å². The Balaban J connectivity index is 2.08. The maximum atomic E-state index is 12.9. The number of rotatable bonds is 0. The van der Waals surface area contributed by atoms with Crippen molar-refractivity contribution >= 4 is 11.9 Å². The molecule has 2 rings (SSSR count). The second-order valence-corrected chi connectivity index (χ2v) is 4.32. The van der Waals surface area contributed by atoms with Crippen molar-refractivity contribution in [3.05, 3.63) is 0 Å². The topological polar surface area (TPSA) is 58.2 Å². The molecule has 1 heterocycles.